The largest absolute Gasteiger partial charge is 0.369 e. The first-order valence-electron chi connectivity index (χ1n) is 7.12. The fourth-order valence-corrected chi connectivity index (χ4v) is 2.53. The van der Waals surface area contributed by atoms with Gasteiger partial charge in [0.2, 0.25) is 0 Å². The van der Waals surface area contributed by atoms with E-state index in [0.717, 1.165) is 37.7 Å². The molecule has 1 aliphatic heterocycles. The Morgan fingerprint density at radius 1 is 1.16 bits per heavy atom. The Bertz CT molecular complexity index is 371. The topological polar surface area (TPSA) is 32.5 Å². The molecule has 2 rings (SSSR count). The number of hydrogen-bond acceptors (Lipinski definition) is 3. The molecule has 0 aromatic heterocycles. The molecule has 3 nitrogen and oxygen atoms in total. The van der Waals surface area contributed by atoms with Gasteiger partial charge in [0.25, 0.3) is 0 Å². The molecule has 0 aliphatic carbocycles. The number of rotatable bonds is 5. The second-order valence-corrected chi connectivity index (χ2v) is 5.87. The summed E-state index contributed by atoms with van der Waals surface area (Å²) in [5.41, 5.74) is 6.94. The molecule has 0 radical (unpaired) electrons. The molecule has 1 fully saturated rings. The zero-order valence-electron chi connectivity index (χ0n) is 11.7. The van der Waals surface area contributed by atoms with Crippen molar-refractivity contribution in [3.63, 3.8) is 0 Å². The van der Waals surface area contributed by atoms with E-state index in [0.29, 0.717) is 5.92 Å². The maximum Gasteiger partial charge on any atom is 0.0407 e. The maximum atomic E-state index is 5.92. The van der Waals surface area contributed by atoms with Crippen LogP contribution in [0.15, 0.2) is 24.3 Å². The van der Waals surface area contributed by atoms with E-state index in [4.69, 9.17) is 17.3 Å². The van der Waals surface area contributed by atoms with Crippen LogP contribution in [0.3, 0.4) is 0 Å². The van der Waals surface area contributed by atoms with E-state index in [1.165, 1.54) is 18.7 Å². The predicted molar refractivity (Wildman–Crippen MR) is 82.9 cm³/mol. The Morgan fingerprint density at radius 3 is 2.37 bits per heavy atom. The highest BCUT2D eigenvalue weighted by molar-refractivity contribution is 6.30. The maximum absolute atomic E-state index is 5.92. The highest BCUT2D eigenvalue weighted by Gasteiger charge is 2.17. The van der Waals surface area contributed by atoms with Gasteiger partial charge in [0.1, 0.15) is 0 Å². The minimum atomic E-state index is 0.634. The monoisotopic (exact) mass is 281 g/mol. The third-order valence-electron chi connectivity index (χ3n) is 3.90. The van der Waals surface area contributed by atoms with Gasteiger partial charge in [-0.1, -0.05) is 18.5 Å². The summed E-state index contributed by atoms with van der Waals surface area (Å²) in [6, 6.07) is 8.14. The van der Waals surface area contributed by atoms with E-state index in [9.17, 15) is 0 Å². The molecule has 106 valence electrons. The van der Waals surface area contributed by atoms with Crippen LogP contribution in [-0.2, 0) is 0 Å². The smallest absolute Gasteiger partial charge is 0.0407 e. The first-order valence-corrected chi connectivity index (χ1v) is 7.50. The van der Waals surface area contributed by atoms with Gasteiger partial charge in [0.05, 0.1) is 0 Å². The van der Waals surface area contributed by atoms with E-state index in [2.05, 4.69) is 28.9 Å². The minimum absolute atomic E-state index is 0.634. The van der Waals surface area contributed by atoms with Crippen molar-refractivity contribution in [1.29, 1.82) is 0 Å². The number of halogens is 1. The summed E-state index contributed by atoms with van der Waals surface area (Å²) in [6.45, 7) is 8.67. The van der Waals surface area contributed by atoms with E-state index < -0.39 is 0 Å². The molecule has 19 heavy (non-hydrogen) atoms. The minimum Gasteiger partial charge on any atom is -0.369 e. The highest BCUT2D eigenvalue weighted by Crippen LogP contribution is 2.19. The molecule has 2 N–H and O–H groups in total. The summed E-state index contributed by atoms with van der Waals surface area (Å²) in [4.78, 5) is 4.97. The summed E-state index contributed by atoms with van der Waals surface area (Å²) < 4.78 is 0. The normalized spacial score (nSPS) is 18.6. The SMILES string of the molecule is CC(CN)CCN1CCN(c2ccc(Cl)cc2)CC1. The van der Waals surface area contributed by atoms with Gasteiger partial charge in [0, 0.05) is 36.9 Å². The number of nitrogens with zero attached hydrogens (tertiary/aromatic N) is 2. The lowest BCUT2D eigenvalue weighted by Gasteiger charge is -2.36. The van der Waals surface area contributed by atoms with Crippen LogP contribution in [0, 0.1) is 5.92 Å². The van der Waals surface area contributed by atoms with Gasteiger partial charge < -0.3 is 10.6 Å². The van der Waals surface area contributed by atoms with E-state index in [-0.39, 0.29) is 0 Å². The first-order chi connectivity index (χ1) is 9.19. The summed E-state index contributed by atoms with van der Waals surface area (Å²) in [7, 11) is 0. The highest BCUT2D eigenvalue weighted by atomic mass is 35.5. The molecular formula is C15H24ClN3. The Hall–Kier alpha value is -0.770. The molecule has 1 aliphatic rings. The fraction of sp³-hybridized carbons (Fsp3) is 0.600. The van der Waals surface area contributed by atoms with Gasteiger partial charge in [-0.05, 0) is 49.7 Å². The molecule has 1 aromatic rings. The van der Waals surface area contributed by atoms with E-state index >= 15 is 0 Å². The average Bonchev–Trinajstić information content (AvgIpc) is 2.46. The number of nitrogens with two attached hydrogens (primary N) is 1. The lowest BCUT2D eigenvalue weighted by molar-refractivity contribution is 0.242. The molecule has 0 bridgehead atoms. The Balaban J connectivity index is 1.77. The number of piperazine rings is 1. The van der Waals surface area contributed by atoms with Crippen molar-refractivity contribution in [2.45, 2.75) is 13.3 Å². The average molecular weight is 282 g/mol. The van der Waals surface area contributed by atoms with Crippen LogP contribution in [-0.4, -0.2) is 44.2 Å². The van der Waals surface area contributed by atoms with Crippen LogP contribution in [0.1, 0.15) is 13.3 Å². The Labute approximate surface area is 121 Å². The van der Waals surface area contributed by atoms with Crippen LogP contribution >= 0.6 is 11.6 Å². The van der Waals surface area contributed by atoms with Crippen molar-refractivity contribution in [3.8, 4) is 0 Å². The number of anilines is 1. The predicted octanol–water partition coefficient (Wildman–Crippen LogP) is 2.45. The van der Waals surface area contributed by atoms with Crippen molar-refractivity contribution in [2.24, 2.45) is 11.7 Å². The Morgan fingerprint density at radius 2 is 1.79 bits per heavy atom. The molecule has 1 saturated heterocycles. The van der Waals surface area contributed by atoms with Gasteiger partial charge in [-0.25, -0.2) is 0 Å². The first kappa shape index (κ1) is 14.6. The van der Waals surface area contributed by atoms with Crippen LogP contribution in [0.4, 0.5) is 5.69 Å². The molecule has 1 heterocycles. The summed E-state index contributed by atoms with van der Waals surface area (Å²) in [5.74, 6) is 0.634. The second-order valence-electron chi connectivity index (χ2n) is 5.43. The standard InChI is InChI=1S/C15H24ClN3/c1-13(12-17)6-7-18-8-10-19(11-9-18)15-4-2-14(16)3-5-15/h2-5,13H,6-12,17H2,1H3. The molecule has 0 amide bonds. The zero-order chi connectivity index (χ0) is 13.7. The lowest BCUT2D eigenvalue weighted by Crippen LogP contribution is -2.46. The molecule has 1 atom stereocenters. The van der Waals surface area contributed by atoms with Gasteiger partial charge >= 0.3 is 0 Å². The van der Waals surface area contributed by atoms with Crippen LogP contribution in [0.25, 0.3) is 0 Å². The fourth-order valence-electron chi connectivity index (χ4n) is 2.40. The van der Waals surface area contributed by atoms with Gasteiger partial charge in [0.15, 0.2) is 0 Å². The molecule has 0 spiro atoms. The summed E-state index contributed by atoms with van der Waals surface area (Å²) in [6.07, 6.45) is 1.21. The molecule has 1 aromatic carbocycles. The number of benzene rings is 1. The van der Waals surface area contributed by atoms with Gasteiger partial charge in [-0.2, -0.15) is 0 Å². The lowest BCUT2D eigenvalue weighted by atomic mass is 10.1. The molecule has 0 saturated carbocycles. The van der Waals surface area contributed by atoms with Crippen LogP contribution < -0.4 is 10.6 Å². The summed E-state index contributed by atoms with van der Waals surface area (Å²) >= 11 is 5.92. The van der Waals surface area contributed by atoms with Gasteiger partial charge in [-0.3, -0.25) is 4.90 Å². The zero-order valence-corrected chi connectivity index (χ0v) is 12.4. The quantitative estimate of drug-likeness (QED) is 0.900. The van der Waals surface area contributed by atoms with Crippen LogP contribution in [0.2, 0.25) is 5.02 Å². The summed E-state index contributed by atoms with van der Waals surface area (Å²) in [5, 5.41) is 0.804. The number of hydrogen-bond donors (Lipinski definition) is 1. The van der Waals surface area contributed by atoms with Crippen molar-refractivity contribution in [2.75, 3.05) is 44.2 Å². The van der Waals surface area contributed by atoms with Crippen LogP contribution in [0.5, 0.6) is 0 Å². The second kappa shape index (κ2) is 7.13. The molecular weight excluding hydrogens is 258 g/mol. The Kier molecular flexibility index (Phi) is 5.49. The molecule has 4 heteroatoms. The third kappa shape index (κ3) is 4.37. The van der Waals surface area contributed by atoms with Crippen molar-refractivity contribution >= 4 is 17.3 Å². The molecule has 1 unspecified atom stereocenters. The van der Waals surface area contributed by atoms with Gasteiger partial charge in [-0.15, -0.1) is 0 Å². The van der Waals surface area contributed by atoms with Crippen molar-refractivity contribution < 1.29 is 0 Å². The van der Waals surface area contributed by atoms with E-state index in [1.807, 2.05) is 12.1 Å². The van der Waals surface area contributed by atoms with Crippen molar-refractivity contribution in [3.05, 3.63) is 29.3 Å². The van der Waals surface area contributed by atoms with Crippen molar-refractivity contribution in [1.82, 2.24) is 4.90 Å². The van der Waals surface area contributed by atoms with E-state index in [1.54, 1.807) is 0 Å². The third-order valence-corrected chi connectivity index (χ3v) is 4.16.